The number of amides is 1. The van der Waals surface area contributed by atoms with Gasteiger partial charge in [0.25, 0.3) is 5.91 Å². The molecule has 0 bridgehead atoms. The first kappa shape index (κ1) is 24.7. The molecule has 8 nitrogen and oxygen atoms in total. The van der Waals surface area contributed by atoms with Gasteiger partial charge in [0.15, 0.2) is 0 Å². The number of pyridine rings is 1. The summed E-state index contributed by atoms with van der Waals surface area (Å²) in [4.78, 5) is 23.3. The summed E-state index contributed by atoms with van der Waals surface area (Å²) in [7, 11) is -3.71. The second-order valence-corrected chi connectivity index (χ2v) is 14.2. The lowest BCUT2D eigenvalue weighted by Crippen LogP contribution is -2.40. The van der Waals surface area contributed by atoms with E-state index in [1.807, 2.05) is 12.1 Å². The first-order valence-corrected chi connectivity index (χ1v) is 15.0. The van der Waals surface area contributed by atoms with Crippen molar-refractivity contribution in [2.75, 3.05) is 41.3 Å². The Hall–Kier alpha value is -2.65. The van der Waals surface area contributed by atoms with Crippen molar-refractivity contribution >= 4 is 33.3 Å². The Balaban J connectivity index is 1.25. The van der Waals surface area contributed by atoms with Gasteiger partial charge in [0.2, 0.25) is 10.0 Å². The predicted molar refractivity (Wildman–Crippen MR) is 146 cm³/mol. The molecule has 37 heavy (non-hydrogen) atoms. The molecule has 0 radical (unpaired) electrons. The van der Waals surface area contributed by atoms with Gasteiger partial charge < -0.3 is 15.1 Å². The zero-order valence-electron chi connectivity index (χ0n) is 22.0. The predicted octanol–water partition coefficient (Wildman–Crippen LogP) is 4.25. The van der Waals surface area contributed by atoms with Crippen molar-refractivity contribution in [3.8, 4) is 0 Å². The molecule has 1 aromatic heterocycles. The number of anilines is 3. The number of aromatic nitrogens is 1. The second kappa shape index (κ2) is 8.70. The monoisotopic (exact) mass is 523 g/mol. The van der Waals surface area contributed by atoms with Crippen molar-refractivity contribution in [2.24, 2.45) is 17.3 Å². The van der Waals surface area contributed by atoms with Crippen LogP contribution < -0.4 is 19.8 Å². The second-order valence-electron chi connectivity index (χ2n) is 12.5. The number of nitrogens with one attached hydrogen (secondary N) is 2. The molecule has 2 aliphatic carbocycles. The van der Waals surface area contributed by atoms with Crippen LogP contribution in [-0.4, -0.2) is 51.0 Å². The Morgan fingerprint density at radius 2 is 1.70 bits per heavy atom. The Morgan fingerprint density at radius 3 is 2.35 bits per heavy atom. The molecule has 198 valence electrons. The van der Waals surface area contributed by atoms with Gasteiger partial charge in [-0.1, -0.05) is 6.07 Å². The molecule has 2 aliphatic heterocycles. The first-order chi connectivity index (χ1) is 17.5. The Morgan fingerprint density at radius 1 is 1.00 bits per heavy atom. The topological polar surface area (TPSA) is 94.6 Å². The van der Waals surface area contributed by atoms with Gasteiger partial charge in [-0.2, -0.15) is 0 Å². The zero-order valence-corrected chi connectivity index (χ0v) is 22.8. The maximum absolute atomic E-state index is 13.5. The minimum atomic E-state index is -3.71. The molecule has 9 heteroatoms. The van der Waals surface area contributed by atoms with Crippen LogP contribution in [0.4, 0.5) is 17.3 Å². The highest BCUT2D eigenvalue weighted by molar-refractivity contribution is 7.89. The summed E-state index contributed by atoms with van der Waals surface area (Å²) in [5.74, 6) is 3.02. The van der Waals surface area contributed by atoms with Crippen LogP contribution in [0.2, 0.25) is 0 Å². The van der Waals surface area contributed by atoms with E-state index in [0.717, 1.165) is 62.5 Å². The number of carbonyl (C=O) groups excluding carboxylic acids is 1. The summed E-state index contributed by atoms with van der Waals surface area (Å²) in [6, 6.07) is 10.2. The largest absolute Gasteiger partial charge is 0.356 e. The van der Waals surface area contributed by atoms with Gasteiger partial charge in [-0.3, -0.25) is 4.79 Å². The van der Waals surface area contributed by atoms with Gasteiger partial charge in [-0.15, -0.1) is 0 Å². The summed E-state index contributed by atoms with van der Waals surface area (Å²) in [5, 5.41) is 2.93. The molecule has 3 heterocycles. The van der Waals surface area contributed by atoms with Gasteiger partial charge in [-0.05, 0) is 100 Å². The van der Waals surface area contributed by atoms with Crippen LogP contribution in [0.25, 0.3) is 0 Å². The number of piperidine rings is 2. The molecule has 2 N–H and O–H groups in total. The van der Waals surface area contributed by atoms with E-state index in [2.05, 4.69) is 19.8 Å². The van der Waals surface area contributed by atoms with Crippen molar-refractivity contribution in [3.63, 3.8) is 0 Å². The van der Waals surface area contributed by atoms with Crippen molar-refractivity contribution in [1.82, 2.24) is 9.71 Å². The van der Waals surface area contributed by atoms with E-state index in [0.29, 0.717) is 16.7 Å². The number of rotatable bonds is 6. The number of hydrogen-bond acceptors (Lipinski definition) is 6. The lowest BCUT2D eigenvalue weighted by Gasteiger charge is -2.34. The fourth-order valence-corrected chi connectivity index (χ4v) is 7.35. The summed E-state index contributed by atoms with van der Waals surface area (Å²) in [5.41, 5.74) is 0.886. The van der Waals surface area contributed by atoms with Crippen LogP contribution in [0.1, 0.15) is 63.2 Å². The summed E-state index contributed by atoms with van der Waals surface area (Å²) < 4.78 is 28.3. The molecular formula is C28H37N5O3S. The molecule has 1 aromatic carbocycles. The third-order valence-electron chi connectivity index (χ3n) is 8.33. The Labute approximate surface area is 219 Å². The van der Waals surface area contributed by atoms with Crippen molar-refractivity contribution in [1.29, 1.82) is 0 Å². The average molecular weight is 524 g/mol. The molecule has 0 unspecified atom stereocenters. The quantitative estimate of drug-likeness (QED) is 0.588. The standard InChI is InChI=1S/C28H37N5O3S/c1-27(2,3)31-37(35,36)22-6-4-5-21(16-22)29-26(34)23-7-8-24(33-17-19-15-20(19)18-33)30-25(23)32-13-11-28(9-10-28)12-14-32/h4-8,16,19-20,31H,9-15,17-18H2,1-3H3,(H,29,34)/t19-,20+. The van der Waals surface area contributed by atoms with E-state index in [9.17, 15) is 13.2 Å². The molecule has 4 aliphatic rings. The molecule has 1 spiro atoms. The maximum atomic E-state index is 13.5. The molecule has 2 saturated heterocycles. The fraction of sp³-hybridized carbons (Fsp3) is 0.571. The molecule has 2 atom stereocenters. The van der Waals surface area contributed by atoms with Gasteiger partial charge in [0.05, 0.1) is 10.5 Å². The van der Waals surface area contributed by atoms with E-state index < -0.39 is 15.6 Å². The molecule has 1 amide bonds. The lowest BCUT2D eigenvalue weighted by atomic mass is 9.93. The van der Waals surface area contributed by atoms with Gasteiger partial charge >= 0.3 is 0 Å². The van der Waals surface area contributed by atoms with E-state index in [1.165, 1.54) is 31.4 Å². The number of benzene rings is 1. The van der Waals surface area contributed by atoms with Gasteiger partial charge in [0.1, 0.15) is 11.6 Å². The van der Waals surface area contributed by atoms with Crippen molar-refractivity contribution < 1.29 is 13.2 Å². The Bertz CT molecular complexity index is 1310. The number of sulfonamides is 1. The van der Waals surface area contributed by atoms with E-state index in [4.69, 9.17) is 4.98 Å². The van der Waals surface area contributed by atoms with Gasteiger partial charge in [-0.25, -0.2) is 18.1 Å². The number of carbonyl (C=O) groups is 1. The summed E-state index contributed by atoms with van der Waals surface area (Å²) in [6.45, 7) is 9.31. The average Bonchev–Trinajstić information content (AvgIpc) is 3.74. The van der Waals surface area contributed by atoms with Crippen molar-refractivity contribution in [2.45, 2.75) is 63.3 Å². The fourth-order valence-electron chi connectivity index (χ4n) is 5.89. The molecule has 6 rings (SSSR count). The number of fused-ring (bicyclic) bond motifs is 1. The van der Waals surface area contributed by atoms with Crippen LogP contribution in [0, 0.1) is 17.3 Å². The van der Waals surface area contributed by atoms with Crippen LogP contribution in [0.5, 0.6) is 0 Å². The number of nitrogens with zero attached hydrogens (tertiary/aromatic N) is 3. The summed E-state index contributed by atoms with van der Waals surface area (Å²) >= 11 is 0. The highest BCUT2D eigenvalue weighted by atomic mass is 32.2. The Kier molecular flexibility index (Phi) is 5.80. The van der Waals surface area contributed by atoms with E-state index in [1.54, 1.807) is 32.9 Å². The molecule has 2 saturated carbocycles. The molecule has 4 fully saturated rings. The van der Waals surface area contributed by atoms with Crippen LogP contribution in [0.3, 0.4) is 0 Å². The lowest BCUT2D eigenvalue weighted by molar-refractivity contribution is 0.102. The minimum Gasteiger partial charge on any atom is -0.356 e. The highest BCUT2D eigenvalue weighted by Crippen LogP contribution is 2.54. The zero-order chi connectivity index (χ0) is 26.0. The summed E-state index contributed by atoms with van der Waals surface area (Å²) in [6.07, 6.45) is 6.27. The SMILES string of the molecule is CC(C)(C)NS(=O)(=O)c1cccc(NC(=O)c2ccc(N3C[C@H]4C[C@H]4C3)nc2N2CCC3(CC2)CC3)c1. The molecular weight excluding hydrogens is 486 g/mol. The van der Waals surface area contributed by atoms with Crippen LogP contribution in [0.15, 0.2) is 41.3 Å². The first-order valence-electron chi connectivity index (χ1n) is 13.5. The highest BCUT2D eigenvalue weighted by Gasteiger charge is 2.46. The minimum absolute atomic E-state index is 0.118. The van der Waals surface area contributed by atoms with E-state index >= 15 is 0 Å². The van der Waals surface area contributed by atoms with Gasteiger partial charge in [0, 0.05) is 37.4 Å². The third kappa shape index (κ3) is 5.21. The maximum Gasteiger partial charge on any atom is 0.259 e. The third-order valence-corrected chi connectivity index (χ3v) is 10.1. The smallest absolute Gasteiger partial charge is 0.259 e. The normalized spacial score (nSPS) is 24.2. The molecule has 2 aromatic rings. The van der Waals surface area contributed by atoms with Crippen molar-refractivity contribution in [3.05, 3.63) is 42.0 Å². The van der Waals surface area contributed by atoms with E-state index in [-0.39, 0.29) is 10.8 Å². The number of hydrogen-bond donors (Lipinski definition) is 2. The van der Waals surface area contributed by atoms with Crippen LogP contribution >= 0.6 is 0 Å². The van der Waals surface area contributed by atoms with Crippen LogP contribution in [-0.2, 0) is 10.0 Å².